The van der Waals surface area contributed by atoms with Crippen LogP contribution in [0.25, 0.3) is 0 Å². The molecule has 0 bridgehead atoms. The number of rotatable bonds is 5. The van der Waals surface area contributed by atoms with Gasteiger partial charge in [-0.05, 0) is 43.9 Å². The van der Waals surface area contributed by atoms with Gasteiger partial charge in [0.15, 0.2) is 0 Å². The third-order valence-electron chi connectivity index (χ3n) is 4.54. The van der Waals surface area contributed by atoms with Gasteiger partial charge in [-0.3, -0.25) is 9.59 Å². The van der Waals surface area contributed by atoms with Gasteiger partial charge in [0.25, 0.3) is 0 Å². The van der Waals surface area contributed by atoms with Crippen LogP contribution in [0, 0.1) is 11.8 Å². The summed E-state index contributed by atoms with van der Waals surface area (Å²) in [6.45, 7) is 3.30. The number of carbonyl (C=O) groups excluding carboxylic acids is 1. The van der Waals surface area contributed by atoms with E-state index in [2.05, 4.69) is 0 Å². The average molecular weight is 303 g/mol. The number of ether oxygens (including phenoxy) is 1. The van der Waals surface area contributed by atoms with Crippen molar-refractivity contribution >= 4 is 11.9 Å². The number of carboxylic acids is 1. The zero-order valence-electron chi connectivity index (χ0n) is 12.7. The van der Waals surface area contributed by atoms with Crippen molar-refractivity contribution in [3.8, 4) is 5.75 Å². The molecule has 22 heavy (non-hydrogen) atoms. The Labute approximate surface area is 129 Å². The summed E-state index contributed by atoms with van der Waals surface area (Å²) < 4.78 is 5.44. The number of hydrogen-bond acceptors (Lipinski definition) is 3. The Kier molecular flexibility index (Phi) is 4.05. The highest BCUT2D eigenvalue weighted by Gasteiger charge is 2.51. The molecule has 0 radical (unpaired) electrons. The number of carboxylic acid groups (broad SMARTS) is 1. The van der Waals surface area contributed by atoms with Crippen molar-refractivity contribution in [3.63, 3.8) is 0 Å². The van der Waals surface area contributed by atoms with E-state index in [-0.39, 0.29) is 17.9 Å². The molecular weight excluding hydrogens is 282 g/mol. The molecule has 1 aliphatic carbocycles. The molecule has 3 rings (SSSR count). The van der Waals surface area contributed by atoms with E-state index in [4.69, 9.17) is 9.84 Å². The molecule has 3 atom stereocenters. The Morgan fingerprint density at radius 3 is 2.59 bits per heavy atom. The minimum atomic E-state index is -0.852. The van der Waals surface area contributed by atoms with Crippen molar-refractivity contribution in [2.24, 2.45) is 11.8 Å². The number of amides is 1. The fourth-order valence-electron chi connectivity index (χ4n) is 3.28. The maximum absolute atomic E-state index is 12.5. The first-order valence-corrected chi connectivity index (χ1v) is 7.88. The largest absolute Gasteiger partial charge is 0.494 e. The standard InChI is InChI=1S/C17H21NO4/c1-2-22-12-7-5-11(6-8-12)15-4-3-9-18(15)16(19)13-10-14(13)17(20)21/h5-8,13-15H,2-4,9-10H2,1H3,(H,20,21)/t13-,14+,15+/m1/s1. The van der Waals surface area contributed by atoms with Crippen LogP contribution in [-0.2, 0) is 9.59 Å². The van der Waals surface area contributed by atoms with Gasteiger partial charge in [-0.15, -0.1) is 0 Å². The molecule has 5 nitrogen and oxygen atoms in total. The summed E-state index contributed by atoms with van der Waals surface area (Å²) >= 11 is 0. The molecule has 1 amide bonds. The summed E-state index contributed by atoms with van der Waals surface area (Å²) in [6.07, 6.45) is 2.39. The van der Waals surface area contributed by atoms with E-state index in [9.17, 15) is 9.59 Å². The van der Waals surface area contributed by atoms with E-state index < -0.39 is 11.9 Å². The number of likely N-dealkylation sites (tertiary alicyclic amines) is 1. The van der Waals surface area contributed by atoms with E-state index >= 15 is 0 Å². The van der Waals surface area contributed by atoms with Crippen LogP contribution < -0.4 is 4.74 Å². The van der Waals surface area contributed by atoms with Crippen LogP contribution >= 0.6 is 0 Å². The van der Waals surface area contributed by atoms with Crippen LogP contribution in [0.15, 0.2) is 24.3 Å². The van der Waals surface area contributed by atoms with Gasteiger partial charge in [-0.2, -0.15) is 0 Å². The fourth-order valence-corrected chi connectivity index (χ4v) is 3.28. The van der Waals surface area contributed by atoms with Gasteiger partial charge in [-0.25, -0.2) is 0 Å². The van der Waals surface area contributed by atoms with Crippen molar-refractivity contribution in [2.75, 3.05) is 13.2 Å². The van der Waals surface area contributed by atoms with Gasteiger partial charge < -0.3 is 14.7 Å². The molecule has 0 spiro atoms. The number of carbonyl (C=O) groups is 2. The molecule has 2 aliphatic rings. The molecule has 1 heterocycles. The fraction of sp³-hybridized carbons (Fsp3) is 0.529. The molecule has 1 N–H and O–H groups in total. The summed E-state index contributed by atoms with van der Waals surface area (Å²) in [6, 6.07) is 7.93. The predicted octanol–water partition coefficient (Wildman–Crippen LogP) is 2.47. The van der Waals surface area contributed by atoms with Crippen LogP contribution in [0.2, 0.25) is 0 Å². The summed E-state index contributed by atoms with van der Waals surface area (Å²) in [5.74, 6) is -0.816. The van der Waals surface area contributed by atoms with E-state index in [1.165, 1.54) is 0 Å². The molecule has 1 aromatic rings. The second kappa shape index (κ2) is 5.99. The number of hydrogen-bond donors (Lipinski definition) is 1. The average Bonchev–Trinajstić information content (AvgIpc) is 3.18. The first-order valence-electron chi connectivity index (χ1n) is 7.88. The van der Waals surface area contributed by atoms with Gasteiger partial charge in [0.1, 0.15) is 5.75 Å². The Balaban J connectivity index is 1.70. The van der Waals surface area contributed by atoms with Crippen LogP contribution in [0.4, 0.5) is 0 Å². The topological polar surface area (TPSA) is 66.8 Å². The summed E-state index contributed by atoms with van der Waals surface area (Å²) in [4.78, 5) is 25.3. The molecule has 5 heteroatoms. The molecule has 0 unspecified atom stereocenters. The Hall–Kier alpha value is -2.04. The molecule has 1 saturated heterocycles. The Morgan fingerprint density at radius 1 is 1.27 bits per heavy atom. The third kappa shape index (κ3) is 2.80. The SMILES string of the molecule is CCOc1ccc([C@@H]2CCCN2C(=O)[C@@H]2C[C@@H]2C(=O)O)cc1. The third-order valence-corrected chi connectivity index (χ3v) is 4.54. The number of benzene rings is 1. The normalized spacial score (nSPS) is 26.8. The molecule has 2 fully saturated rings. The molecule has 0 aromatic heterocycles. The van der Waals surface area contributed by atoms with E-state index in [0.29, 0.717) is 13.0 Å². The molecule has 1 aromatic carbocycles. The minimum absolute atomic E-state index is 0.00350. The Morgan fingerprint density at radius 2 is 2.00 bits per heavy atom. The Bertz CT molecular complexity index is 569. The van der Waals surface area contributed by atoms with Crippen molar-refractivity contribution in [3.05, 3.63) is 29.8 Å². The van der Waals surface area contributed by atoms with Gasteiger partial charge >= 0.3 is 5.97 Å². The quantitative estimate of drug-likeness (QED) is 0.907. The second-order valence-electron chi connectivity index (χ2n) is 5.98. The van der Waals surface area contributed by atoms with E-state index in [1.54, 1.807) is 0 Å². The van der Waals surface area contributed by atoms with E-state index in [1.807, 2.05) is 36.1 Å². The van der Waals surface area contributed by atoms with Crippen LogP contribution in [0.1, 0.15) is 37.8 Å². The van der Waals surface area contributed by atoms with E-state index in [0.717, 1.165) is 30.7 Å². The lowest BCUT2D eigenvalue weighted by Gasteiger charge is -2.25. The van der Waals surface area contributed by atoms with Crippen LogP contribution in [0.5, 0.6) is 5.75 Å². The zero-order valence-corrected chi connectivity index (χ0v) is 12.7. The number of nitrogens with zero attached hydrogens (tertiary/aromatic N) is 1. The maximum Gasteiger partial charge on any atom is 0.307 e. The first kappa shape index (κ1) is 14.9. The summed E-state index contributed by atoms with van der Waals surface area (Å²) in [5.41, 5.74) is 1.10. The van der Waals surface area contributed by atoms with Gasteiger partial charge in [0.2, 0.25) is 5.91 Å². The monoisotopic (exact) mass is 303 g/mol. The summed E-state index contributed by atoms with van der Waals surface area (Å²) in [7, 11) is 0. The lowest BCUT2D eigenvalue weighted by atomic mass is 10.0. The molecule has 118 valence electrons. The maximum atomic E-state index is 12.5. The van der Waals surface area contributed by atoms with Crippen LogP contribution in [-0.4, -0.2) is 35.0 Å². The minimum Gasteiger partial charge on any atom is -0.494 e. The van der Waals surface area contributed by atoms with Crippen LogP contribution in [0.3, 0.4) is 0 Å². The van der Waals surface area contributed by atoms with Gasteiger partial charge in [0.05, 0.1) is 24.5 Å². The highest BCUT2D eigenvalue weighted by molar-refractivity contribution is 5.89. The summed E-state index contributed by atoms with van der Waals surface area (Å²) in [5, 5.41) is 8.99. The first-order chi connectivity index (χ1) is 10.6. The predicted molar refractivity (Wildman–Crippen MR) is 80.5 cm³/mol. The molecule has 1 aliphatic heterocycles. The van der Waals surface area contributed by atoms with Gasteiger partial charge in [-0.1, -0.05) is 12.1 Å². The van der Waals surface area contributed by atoms with Crippen molar-refractivity contribution < 1.29 is 19.4 Å². The molecular formula is C17H21NO4. The van der Waals surface area contributed by atoms with Crippen molar-refractivity contribution in [2.45, 2.75) is 32.2 Å². The highest BCUT2D eigenvalue weighted by atomic mass is 16.5. The lowest BCUT2D eigenvalue weighted by Crippen LogP contribution is -2.32. The van der Waals surface area contributed by atoms with Crippen molar-refractivity contribution in [1.29, 1.82) is 0 Å². The smallest absolute Gasteiger partial charge is 0.307 e. The lowest BCUT2D eigenvalue weighted by molar-refractivity contribution is -0.142. The zero-order chi connectivity index (χ0) is 15.7. The van der Waals surface area contributed by atoms with Gasteiger partial charge in [0, 0.05) is 6.54 Å². The highest BCUT2D eigenvalue weighted by Crippen LogP contribution is 2.43. The molecule has 1 saturated carbocycles. The second-order valence-corrected chi connectivity index (χ2v) is 5.98. The van der Waals surface area contributed by atoms with Crippen molar-refractivity contribution in [1.82, 2.24) is 4.90 Å². The number of aliphatic carboxylic acids is 1.